The van der Waals surface area contributed by atoms with Crippen molar-refractivity contribution < 1.29 is 4.79 Å². The van der Waals surface area contributed by atoms with Gasteiger partial charge in [0.15, 0.2) is 0 Å². The van der Waals surface area contributed by atoms with Gasteiger partial charge in [-0.1, -0.05) is 15.9 Å². The lowest BCUT2D eigenvalue weighted by Crippen LogP contribution is -2.28. The molecule has 0 atom stereocenters. The fraction of sp³-hybridized carbons (Fsp3) is 0.400. The lowest BCUT2D eigenvalue weighted by Gasteiger charge is -2.15. The lowest BCUT2D eigenvalue weighted by molar-refractivity contribution is 0.0804. The fourth-order valence-electron chi connectivity index (χ4n) is 1.13. The maximum Gasteiger partial charge on any atom is 0.253 e. The number of hydrogen-bond donors (Lipinski definition) is 0. The van der Waals surface area contributed by atoms with Crippen LogP contribution in [0, 0.1) is 6.92 Å². The van der Waals surface area contributed by atoms with Crippen molar-refractivity contribution in [2.75, 3.05) is 18.9 Å². The van der Waals surface area contributed by atoms with E-state index in [1.807, 2.05) is 6.92 Å². The van der Waals surface area contributed by atoms with Crippen LogP contribution in [0.25, 0.3) is 0 Å². The normalized spacial score (nSPS) is 9.93. The van der Waals surface area contributed by atoms with Gasteiger partial charge >= 0.3 is 0 Å². The molecule has 76 valence electrons. The molecule has 3 nitrogen and oxygen atoms in total. The summed E-state index contributed by atoms with van der Waals surface area (Å²) in [5.74, 6) is 0.0370. The number of hydrogen-bond acceptors (Lipinski definition) is 2. The number of aryl methyl sites for hydroxylation is 1. The van der Waals surface area contributed by atoms with Crippen LogP contribution in [-0.4, -0.2) is 34.7 Å². The highest BCUT2D eigenvalue weighted by Crippen LogP contribution is 2.04. The molecule has 0 fully saturated rings. The van der Waals surface area contributed by atoms with Gasteiger partial charge in [-0.2, -0.15) is 0 Å². The molecule has 1 aromatic rings. The zero-order valence-corrected chi connectivity index (χ0v) is 9.91. The van der Waals surface area contributed by atoms with Crippen molar-refractivity contribution in [3.63, 3.8) is 0 Å². The molecule has 0 radical (unpaired) electrons. The minimum atomic E-state index is 0.0370. The van der Waals surface area contributed by atoms with E-state index in [0.29, 0.717) is 12.1 Å². The summed E-state index contributed by atoms with van der Waals surface area (Å²) in [6.45, 7) is 2.58. The molecule has 14 heavy (non-hydrogen) atoms. The van der Waals surface area contributed by atoms with Gasteiger partial charge in [-0.3, -0.25) is 9.78 Å². The number of alkyl halides is 1. The lowest BCUT2D eigenvalue weighted by atomic mass is 10.2. The number of carbonyl (C=O) groups excluding carboxylic acids is 1. The summed E-state index contributed by atoms with van der Waals surface area (Å²) >= 11 is 3.30. The van der Waals surface area contributed by atoms with E-state index in [-0.39, 0.29) is 5.91 Å². The molecule has 0 saturated heterocycles. The van der Waals surface area contributed by atoms with Gasteiger partial charge in [0, 0.05) is 36.4 Å². The van der Waals surface area contributed by atoms with Crippen molar-refractivity contribution in [2.24, 2.45) is 0 Å². The number of pyridine rings is 1. The molecule has 1 rings (SSSR count). The van der Waals surface area contributed by atoms with Gasteiger partial charge in [0.25, 0.3) is 5.91 Å². The number of halogens is 1. The zero-order valence-electron chi connectivity index (χ0n) is 8.33. The molecular formula is C10H13BrN2O. The van der Waals surface area contributed by atoms with Crippen LogP contribution in [0.2, 0.25) is 0 Å². The molecule has 0 saturated carbocycles. The Labute approximate surface area is 92.3 Å². The Morgan fingerprint density at radius 1 is 1.64 bits per heavy atom. The quantitative estimate of drug-likeness (QED) is 0.774. The van der Waals surface area contributed by atoms with Crippen LogP contribution >= 0.6 is 15.9 Å². The molecule has 1 heterocycles. The number of nitrogens with zero attached hydrogens (tertiary/aromatic N) is 2. The maximum absolute atomic E-state index is 11.8. The highest BCUT2D eigenvalue weighted by molar-refractivity contribution is 9.09. The monoisotopic (exact) mass is 256 g/mol. The largest absolute Gasteiger partial charge is 0.341 e. The third-order valence-electron chi connectivity index (χ3n) is 1.91. The Kier molecular flexibility index (Phi) is 4.07. The molecule has 0 spiro atoms. The third-order valence-corrected chi connectivity index (χ3v) is 2.26. The van der Waals surface area contributed by atoms with E-state index in [1.165, 1.54) is 0 Å². The molecule has 0 aromatic carbocycles. The molecule has 0 N–H and O–H groups in total. The first-order valence-electron chi connectivity index (χ1n) is 4.39. The van der Waals surface area contributed by atoms with Gasteiger partial charge in [0.1, 0.15) is 0 Å². The summed E-state index contributed by atoms with van der Waals surface area (Å²) < 4.78 is 0. The third kappa shape index (κ3) is 2.80. The fourth-order valence-corrected chi connectivity index (χ4v) is 1.66. The van der Waals surface area contributed by atoms with E-state index in [9.17, 15) is 4.79 Å². The Morgan fingerprint density at radius 2 is 2.36 bits per heavy atom. The smallest absolute Gasteiger partial charge is 0.253 e. The summed E-state index contributed by atoms with van der Waals surface area (Å²) in [5, 5.41) is 0.791. The SMILES string of the molecule is Cc1cc(C(=O)N(C)CCBr)ccn1. The van der Waals surface area contributed by atoms with Gasteiger partial charge in [0.2, 0.25) is 0 Å². The zero-order chi connectivity index (χ0) is 10.6. The van der Waals surface area contributed by atoms with E-state index in [1.54, 1.807) is 30.3 Å². The molecule has 0 aliphatic heterocycles. The predicted molar refractivity (Wildman–Crippen MR) is 59.7 cm³/mol. The van der Waals surface area contributed by atoms with Gasteiger partial charge in [-0.25, -0.2) is 0 Å². The van der Waals surface area contributed by atoms with E-state index >= 15 is 0 Å². The van der Waals surface area contributed by atoms with Crippen molar-refractivity contribution in [1.29, 1.82) is 0 Å². The van der Waals surface area contributed by atoms with E-state index < -0.39 is 0 Å². The van der Waals surface area contributed by atoms with Gasteiger partial charge in [-0.15, -0.1) is 0 Å². The van der Waals surface area contributed by atoms with E-state index in [0.717, 1.165) is 11.0 Å². The highest BCUT2D eigenvalue weighted by atomic mass is 79.9. The Hall–Kier alpha value is -0.900. The second kappa shape index (κ2) is 5.10. The average molecular weight is 257 g/mol. The maximum atomic E-state index is 11.8. The number of carbonyl (C=O) groups is 1. The summed E-state index contributed by atoms with van der Waals surface area (Å²) in [4.78, 5) is 17.5. The summed E-state index contributed by atoms with van der Waals surface area (Å²) in [5.41, 5.74) is 1.56. The van der Waals surface area contributed by atoms with Gasteiger partial charge in [-0.05, 0) is 19.1 Å². The van der Waals surface area contributed by atoms with E-state index in [4.69, 9.17) is 0 Å². The van der Waals surface area contributed by atoms with Gasteiger partial charge < -0.3 is 4.90 Å². The minimum Gasteiger partial charge on any atom is -0.341 e. The van der Waals surface area contributed by atoms with Crippen LogP contribution in [0.3, 0.4) is 0 Å². The molecule has 0 aliphatic rings. The second-order valence-electron chi connectivity index (χ2n) is 3.10. The van der Waals surface area contributed by atoms with Crippen LogP contribution in [0.15, 0.2) is 18.3 Å². The van der Waals surface area contributed by atoms with Crippen LogP contribution in [0.1, 0.15) is 16.1 Å². The molecule has 4 heteroatoms. The van der Waals surface area contributed by atoms with Crippen LogP contribution < -0.4 is 0 Å². The molecule has 1 aromatic heterocycles. The second-order valence-corrected chi connectivity index (χ2v) is 3.89. The van der Waals surface area contributed by atoms with E-state index in [2.05, 4.69) is 20.9 Å². The van der Waals surface area contributed by atoms with Crippen LogP contribution in [0.5, 0.6) is 0 Å². The Bertz CT molecular complexity index is 328. The molecular weight excluding hydrogens is 244 g/mol. The summed E-state index contributed by atoms with van der Waals surface area (Å²) in [6, 6.07) is 3.53. The minimum absolute atomic E-state index is 0.0370. The number of rotatable bonds is 3. The first-order valence-corrected chi connectivity index (χ1v) is 5.51. The van der Waals surface area contributed by atoms with Crippen LogP contribution in [0.4, 0.5) is 0 Å². The van der Waals surface area contributed by atoms with Crippen molar-refractivity contribution in [3.8, 4) is 0 Å². The molecule has 1 amide bonds. The first-order chi connectivity index (χ1) is 6.65. The molecule has 0 aliphatic carbocycles. The Balaban J connectivity index is 2.78. The van der Waals surface area contributed by atoms with Crippen molar-refractivity contribution in [3.05, 3.63) is 29.6 Å². The highest BCUT2D eigenvalue weighted by Gasteiger charge is 2.10. The molecule has 0 unspecified atom stereocenters. The Morgan fingerprint density at radius 3 is 2.93 bits per heavy atom. The predicted octanol–water partition coefficient (Wildman–Crippen LogP) is 1.86. The summed E-state index contributed by atoms with van der Waals surface area (Å²) in [6.07, 6.45) is 1.66. The number of aromatic nitrogens is 1. The van der Waals surface area contributed by atoms with Gasteiger partial charge in [0.05, 0.1) is 0 Å². The first kappa shape index (κ1) is 11.2. The van der Waals surface area contributed by atoms with Crippen molar-refractivity contribution in [1.82, 2.24) is 9.88 Å². The number of amides is 1. The standard InChI is InChI=1S/C10H13BrN2O/c1-8-7-9(3-5-12-8)10(14)13(2)6-4-11/h3,5,7H,4,6H2,1-2H3. The topological polar surface area (TPSA) is 33.2 Å². The summed E-state index contributed by atoms with van der Waals surface area (Å²) in [7, 11) is 1.79. The van der Waals surface area contributed by atoms with Crippen molar-refractivity contribution >= 4 is 21.8 Å². The van der Waals surface area contributed by atoms with Crippen LogP contribution in [-0.2, 0) is 0 Å². The average Bonchev–Trinajstić information content (AvgIpc) is 2.17. The molecule has 0 bridgehead atoms. The van der Waals surface area contributed by atoms with Crippen molar-refractivity contribution in [2.45, 2.75) is 6.92 Å².